The van der Waals surface area contributed by atoms with Crippen LogP contribution in [0.1, 0.15) is 33.6 Å². The molecule has 1 amide bonds. The molecule has 0 heterocycles. The summed E-state index contributed by atoms with van der Waals surface area (Å²) >= 11 is 11.8. The van der Waals surface area contributed by atoms with Gasteiger partial charge in [0.2, 0.25) is 0 Å². The highest BCUT2D eigenvalue weighted by atomic mass is 35.5. The van der Waals surface area contributed by atoms with Gasteiger partial charge < -0.3 is 5.32 Å². The lowest BCUT2D eigenvalue weighted by atomic mass is 10.1. The zero-order chi connectivity index (χ0) is 26.7. The first-order valence-corrected chi connectivity index (χ1v) is 12.8. The van der Waals surface area contributed by atoms with Gasteiger partial charge in [-0.1, -0.05) is 47.5 Å². The molecule has 0 saturated heterocycles. The summed E-state index contributed by atoms with van der Waals surface area (Å²) in [7, 11) is -4.47. The Balaban J connectivity index is 1.78. The van der Waals surface area contributed by atoms with Gasteiger partial charge in [0.25, 0.3) is 5.91 Å². The zero-order valence-corrected chi connectivity index (χ0v) is 20.7. The van der Waals surface area contributed by atoms with E-state index in [1.807, 2.05) is 0 Å². The Hall–Kier alpha value is -2.43. The first-order chi connectivity index (χ1) is 16.8. The Kier molecular flexibility index (Phi) is 8.84. The van der Waals surface area contributed by atoms with Gasteiger partial charge in [-0.25, -0.2) is 5.06 Å². The van der Waals surface area contributed by atoms with E-state index in [4.69, 9.17) is 23.2 Å². The molecule has 5 N–H and O–H groups in total. The second kappa shape index (κ2) is 11.3. The van der Waals surface area contributed by atoms with Crippen molar-refractivity contribution in [2.75, 3.05) is 11.9 Å². The molecule has 0 spiro atoms. The Labute approximate surface area is 214 Å². The van der Waals surface area contributed by atoms with Crippen LogP contribution in [0.3, 0.4) is 0 Å². The topological polar surface area (TPSA) is 113 Å². The number of benzene rings is 3. The van der Waals surface area contributed by atoms with Crippen LogP contribution in [0.25, 0.3) is 0 Å². The minimum atomic E-state index is -4.55. The molecule has 0 saturated carbocycles. The van der Waals surface area contributed by atoms with Crippen LogP contribution in [0.2, 0.25) is 10.0 Å². The molecule has 0 aliphatic carbocycles. The number of hydroxylamine groups is 2. The molecule has 1 atom stereocenters. The molecule has 192 valence electrons. The van der Waals surface area contributed by atoms with Crippen molar-refractivity contribution in [2.24, 2.45) is 0 Å². The average Bonchev–Trinajstić information content (AvgIpc) is 2.80. The summed E-state index contributed by atoms with van der Waals surface area (Å²) in [5, 5.41) is 13.8. The second-order valence-electron chi connectivity index (χ2n) is 7.77. The molecule has 36 heavy (non-hydrogen) atoms. The second-order valence-corrected chi connectivity index (χ2v) is 10.4. The number of halogens is 5. The van der Waals surface area contributed by atoms with E-state index in [0.717, 1.165) is 12.1 Å². The monoisotopic (exact) mass is 563 g/mol. The third-order valence-corrected chi connectivity index (χ3v) is 7.35. The number of alkyl halides is 3. The lowest BCUT2D eigenvalue weighted by molar-refractivity contribution is -0.137. The van der Waals surface area contributed by atoms with Gasteiger partial charge >= 0.3 is 14.1 Å². The van der Waals surface area contributed by atoms with Gasteiger partial charge in [0.05, 0.1) is 33.4 Å². The molecule has 0 aromatic heterocycles. The Morgan fingerprint density at radius 1 is 0.972 bits per heavy atom. The molecule has 3 aromatic carbocycles. The summed E-state index contributed by atoms with van der Waals surface area (Å²) in [4.78, 5) is 42.7. The third kappa shape index (κ3) is 7.08. The fraction of sp³-hybridized carbons (Fsp3) is 0.174. The van der Waals surface area contributed by atoms with Gasteiger partial charge in [0, 0.05) is 17.7 Å². The van der Waals surface area contributed by atoms with Crippen LogP contribution in [0.4, 0.5) is 24.5 Å². The van der Waals surface area contributed by atoms with Crippen molar-refractivity contribution >= 4 is 48.4 Å². The van der Waals surface area contributed by atoms with Crippen molar-refractivity contribution in [3.8, 4) is 0 Å². The van der Waals surface area contributed by atoms with Crippen molar-refractivity contribution < 1.29 is 37.9 Å². The van der Waals surface area contributed by atoms with Gasteiger partial charge in [-0.05, 0) is 42.5 Å². The smallest absolute Gasteiger partial charge is 0.355 e. The summed E-state index contributed by atoms with van der Waals surface area (Å²) in [5.74, 6) is -0.907. The van der Waals surface area contributed by atoms with E-state index in [9.17, 15) is 37.9 Å². The highest BCUT2D eigenvalue weighted by Gasteiger charge is 2.44. The standard InChI is InChI=1S/C23H20Cl2F3N2O5P/c24-18-9-8-14(12-19(18)25)21(36(33,34)35)10-11-30(32)22(31)17-6-1-2-7-20(17)29-16-5-3-4-15(13-16)23(26,27)28/h1-9,12-13,21,32-35H,10-11H2/p+1/t21-/m0/s1. The average molecular weight is 564 g/mol. The summed E-state index contributed by atoms with van der Waals surface area (Å²) < 4.78 is 39.1. The summed E-state index contributed by atoms with van der Waals surface area (Å²) in [6.07, 6.45) is -4.82. The molecule has 0 aliphatic rings. The van der Waals surface area contributed by atoms with Crippen molar-refractivity contribution in [3.63, 3.8) is 0 Å². The van der Waals surface area contributed by atoms with Gasteiger partial charge in [0.1, 0.15) is 0 Å². The van der Waals surface area contributed by atoms with Crippen LogP contribution in [0, 0.1) is 0 Å². The Bertz CT molecular complexity index is 1240. The summed E-state index contributed by atoms with van der Waals surface area (Å²) in [6.45, 7) is -0.426. The minimum Gasteiger partial charge on any atom is -0.355 e. The van der Waals surface area contributed by atoms with E-state index in [1.165, 1.54) is 48.5 Å². The first-order valence-electron chi connectivity index (χ1n) is 10.3. The van der Waals surface area contributed by atoms with E-state index in [-0.39, 0.29) is 39.0 Å². The maximum Gasteiger partial charge on any atom is 0.416 e. The van der Waals surface area contributed by atoms with Gasteiger partial charge in [0.15, 0.2) is 5.66 Å². The van der Waals surface area contributed by atoms with Crippen molar-refractivity contribution in [3.05, 3.63) is 93.5 Å². The van der Waals surface area contributed by atoms with Crippen molar-refractivity contribution in [1.29, 1.82) is 0 Å². The van der Waals surface area contributed by atoms with Crippen molar-refractivity contribution in [1.82, 2.24) is 5.06 Å². The first kappa shape index (κ1) is 28.1. The van der Waals surface area contributed by atoms with E-state index < -0.39 is 37.8 Å². The lowest BCUT2D eigenvalue weighted by Crippen LogP contribution is -2.30. The number of hydrogen-bond acceptors (Lipinski definition) is 6. The van der Waals surface area contributed by atoms with E-state index in [0.29, 0.717) is 5.06 Å². The van der Waals surface area contributed by atoms with Crippen LogP contribution in [0.5, 0.6) is 0 Å². The van der Waals surface area contributed by atoms with E-state index in [1.54, 1.807) is 6.07 Å². The van der Waals surface area contributed by atoms with Gasteiger partial charge in [-0.2, -0.15) is 27.9 Å². The number of nitrogens with one attached hydrogen (secondary N) is 1. The SMILES string of the molecule is O=C(c1ccccc1Nc1cccc(C(F)(F)F)c1)N(O)CC[C@@H](c1ccc(Cl)c(Cl)c1)[P+](O)(O)O. The quantitative estimate of drug-likeness (QED) is 0.122. The number of para-hydroxylation sites is 1. The van der Waals surface area contributed by atoms with Gasteiger partial charge in [-0.3, -0.25) is 10.0 Å². The molecule has 13 heteroatoms. The molecule has 0 unspecified atom stereocenters. The fourth-order valence-corrected chi connectivity index (χ4v) is 4.78. The predicted molar refractivity (Wildman–Crippen MR) is 131 cm³/mol. The molecule has 7 nitrogen and oxygen atoms in total. The third-order valence-electron chi connectivity index (χ3n) is 5.22. The number of hydrogen-bond donors (Lipinski definition) is 5. The predicted octanol–water partition coefficient (Wildman–Crippen LogP) is 6.46. The molecular formula is C23H21Cl2F3N2O5P+. The van der Waals surface area contributed by atoms with Crippen molar-refractivity contribution in [2.45, 2.75) is 18.3 Å². The van der Waals surface area contributed by atoms with Crippen LogP contribution >= 0.6 is 31.1 Å². The normalized spacial score (nSPS) is 12.8. The highest BCUT2D eigenvalue weighted by Crippen LogP contribution is 2.61. The highest BCUT2D eigenvalue weighted by molar-refractivity contribution is 7.59. The zero-order valence-electron chi connectivity index (χ0n) is 18.3. The molecule has 0 bridgehead atoms. The largest absolute Gasteiger partial charge is 0.416 e. The van der Waals surface area contributed by atoms with Crippen LogP contribution in [-0.4, -0.2) is 37.4 Å². The molecule has 3 rings (SSSR count). The maximum atomic E-state index is 13.0. The molecule has 0 fully saturated rings. The van der Waals surface area contributed by atoms with Crippen LogP contribution in [0.15, 0.2) is 66.7 Å². The summed E-state index contributed by atoms with van der Waals surface area (Å²) in [5.41, 5.74) is -1.76. The number of nitrogens with zero attached hydrogens (tertiary/aromatic N) is 1. The molecule has 3 aromatic rings. The van der Waals surface area contributed by atoms with Gasteiger partial charge in [-0.15, -0.1) is 0 Å². The number of amides is 1. The lowest BCUT2D eigenvalue weighted by Gasteiger charge is -2.22. The number of rotatable bonds is 8. The fourth-order valence-electron chi connectivity index (χ4n) is 3.45. The Morgan fingerprint density at radius 3 is 2.31 bits per heavy atom. The molecule has 0 aliphatic heterocycles. The number of carbonyl (C=O) groups is 1. The van der Waals surface area contributed by atoms with Crippen LogP contribution < -0.4 is 5.32 Å². The number of anilines is 2. The molecule has 0 radical (unpaired) electrons. The summed E-state index contributed by atoms with van der Waals surface area (Å²) in [6, 6.07) is 14.4. The van der Waals surface area contributed by atoms with Crippen LogP contribution in [-0.2, 0) is 6.18 Å². The van der Waals surface area contributed by atoms with E-state index >= 15 is 0 Å². The maximum absolute atomic E-state index is 13.0. The minimum absolute atomic E-state index is 0.0541. The number of carbonyl (C=O) groups excluding carboxylic acids is 1. The Morgan fingerprint density at radius 2 is 1.67 bits per heavy atom. The van der Waals surface area contributed by atoms with E-state index in [2.05, 4.69) is 5.32 Å². The molecular weight excluding hydrogens is 543 g/mol.